The molecular weight excluding hydrogens is 334 g/mol. The summed E-state index contributed by atoms with van der Waals surface area (Å²) in [6.45, 7) is 1.90. The molecule has 2 fully saturated rings. The first-order valence-corrected chi connectivity index (χ1v) is 8.96. The number of aryl methyl sites for hydroxylation is 1. The van der Waals surface area contributed by atoms with Crippen LogP contribution >= 0.6 is 0 Å². The number of benzene rings is 1. The molecule has 1 saturated carbocycles. The first-order valence-electron chi connectivity index (χ1n) is 8.96. The number of furan rings is 1. The first kappa shape index (κ1) is 17.1. The van der Waals surface area contributed by atoms with Gasteiger partial charge in [-0.25, -0.2) is 5.43 Å². The monoisotopic (exact) mass is 357 g/mol. The summed E-state index contributed by atoms with van der Waals surface area (Å²) in [6, 6.07) is 7.49. The summed E-state index contributed by atoms with van der Waals surface area (Å²) in [5.74, 6) is -0.0143. The van der Waals surface area contributed by atoms with E-state index in [4.69, 9.17) is 9.15 Å². The highest BCUT2D eigenvalue weighted by atomic mass is 16.5. The molecule has 1 aliphatic heterocycles. The van der Waals surface area contributed by atoms with E-state index in [2.05, 4.69) is 16.2 Å². The molecule has 1 aromatic heterocycles. The maximum atomic E-state index is 12.7. The van der Waals surface area contributed by atoms with Crippen LogP contribution in [0.5, 0.6) is 0 Å². The summed E-state index contributed by atoms with van der Waals surface area (Å²) in [4.78, 5) is 24.7. The molecule has 0 radical (unpaired) electrons. The van der Waals surface area contributed by atoms with E-state index in [1.54, 1.807) is 0 Å². The third kappa shape index (κ3) is 2.87. The molecule has 2 aliphatic rings. The molecule has 0 bridgehead atoms. The van der Waals surface area contributed by atoms with Gasteiger partial charge in [-0.3, -0.25) is 15.0 Å². The fourth-order valence-electron chi connectivity index (χ4n) is 4.19. The van der Waals surface area contributed by atoms with Crippen molar-refractivity contribution in [3.8, 4) is 0 Å². The number of carbonyl (C=O) groups is 2. The van der Waals surface area contributed by atoms with Crippen LogP contribution in [0.4, 0.5) is 0 Å². The molecule has 1 aliphatic carbocycles. The van der Waals surface area contributed by atoms with E-state index in [9.17, 15) is 9.59 Å². The molecule has 26 heavy (non-hydrogen) atoms. The Kier molecular flexibility index (Phi) is 4.42. The SMILES string of the molecule is COC(=O)C1NNC2CCC(NC(=O)c3oc4ccccc4c3C)CC21. The van der Waals surface area contributed by atoms with Crippen molar-refractivity contribution in [1.29, 1.82) is 0 Å². The molecule has 4 unspecified atom stereocenters. The van der Waals surface area contributed by atoms with E-state index in [0.29, 0.717) is 11.3 Å². The maximum Gasteiger partial charge on any atom is 0.324 e. The second-order valence-electron chi connectivity index (χ2n) is 7.10. The third-order valence-corrected chi connectivity index (χ3v) is 5.59. The summed E-state index contributed by atoms with van der Waals surface area (Å²) in [7, 11) is 1.39. The lowest BCUT2D eigenvalue weighted by molar-refractivity contribution is -0.144. The Hall–Kier alpha value is -2.38. The number of hydrazine groups is 1. The first-order chi connectivity index (χ1) is 12.6. The van der Waals surface area contributed by atoms with Crippen LogP contribution in [0.2, 0.25) is 0 Å². The normalized spacial score (nSPS) is 27.9. The van der Waals surface area contributed by atoms with Crippen molar-refractivity contribution in [2.75, 3.05) is 7.11 Å². The van der Waals surface area contributed by atoms with Crippen molar-refractivity contribution in [2.45, 2.75) is 44.3 Å². The minimum atomic E-state index is -0.377. The minimum Gasteiger partial charge on any atom is -0.468 e. The zero-order valence-electron chi connectivity index (χ0n) is 14.9. The van der Waals surface area contributed by atoms with Crippen LogP contribution in [-0.4, -0.2) is 37.1 Å². The molecule has 1 saturated heterocycles. The number of carbonyl (C=O) groups excluding carboxylic acids is 2. The van der Waals surface area contributed by atoms with Crippen molar-refractivity contribution in [3.63, 3.8) is 0 Å². The molecule has 1 aromatic carbocycles. The van der Waals surface area contributed by atoms with Crippen molar-refractivity contribution < 1.29 is 18.7 Å². The molecule has 1 amide bonds. The van der Waals surface area contributed by atoms with Gasteiger partial charge in [0, 0.05) is 29.0 Å². The average Bonchev–Trinajstić information content (AvgIpc) is 3.22. The van der Waals surface area contributed by atoms with Crippen LogP contribution in [0, 0.1) is 12.8 Å². The molecule has 7 nitrogen and oxygen atoms in total. The van der Waals surface area contributed by atoms with Gasteiger partial charge in [0.25, 0.3) is 5.91 Å². The van der Waals surface area contributed by atoms with Crippen LogP contribution in [0.25, 0.3) is 11.0 Å². The number of esters is 1. The van der Waals surface area contributed by atoms with Gasteiger partial charge in [-0.2, -0.15) is 0 Å². The van der Waals surface area contributed by atoms with Gasteiger partial charge in [-0.15, -0.1) is 0 Å². The maximum absolute atomic E-state index is 12.7. The highest BCUT2D eigenvalue weighted by molar-refractivity contribution is 5.99. The van der Waals surface area contributed by atoms with E-state index in [-0.39, 0.29) is 35.9 Å². The molecule has 4 rings (SSSR count). The van der Waals surface area contributed by atoms with Crippen molar-refractivity contribution in [3.05, 3.63) is 35.6 Å². The van der Waals surface area contributed by atoms with Crippen molar-refractivity contribution in [2.24, 2.45) is 5.92 Å². The van der Waals surface area contributed by atoms with E-state index >= 15 is 0 Å². The topological polar surface area (TPSA) is 92.6 Å². The van der Waals surface area contributed by atoms with Crippen LogP contribution < -0.4 is 16.2 Å². The number of hydrogen-bond acceptors (Lipinski definition) is 6. The number of para-hydroxylation sites is 1. The number of rotatable bonds is 3. The summed E-state index contributed by atoms with van der Waals surface area (Å²) < 4.78 is 10.6. The number of ether oxygens (including phenoxy) is 1. The van der Waals surface area contributed by atoms with Gasteiger partial charge in [-0.1, -0.05) is 18.2 Å². The van der Waals surface area contributed by atoms with Gasteiger partial charge in [0.1, 0.15) is 11.6 Å². The molecule has 4 atom stereocenters. The predicted octanol–water partition coefficient (Wildman–Crippen LogP) is 1.66. The van der Waals surface area contributed by atoms with E-state index in [1.165, 1.54) is 7.11 Å². The molecule has 138 valence electrons. The van der Waals surface area contributed by atoms with Crippen molar-refractivity contribution in [1.82, 2.24) is 16.2 Å². The van der Waals surface area contributed by atoms with Crippen LogP contribution in [0.3, 0.4) is 0 Å². The standard InChI is InChI=1S/C19H23N3O4/c1-10-12-5-3-4-6-15(12)26-17(10)18(23)20-11-7-8-14-13(9-11)16(22-21-14)19(24)25-2/h3-6,11,13-14,16,21-22H,7-9H2,1-2H3,(H,20,23). The lowest BCUT2D eigenvalue weighted by Gasteiger charge is -2.32. The van der Waals surface area contributed by atoms with Gasteiger partial charge in [0.05, 0.1) is 7.11 Å². The number of fused-ring (bicyclic) bond motifs is 2. The zero-order chi connectivity index (χ0) is 18.3. The predicted molar refractivity (Wildman–Crippen MR) is 95.4 cm³/mol. The highest BCUT2D eigenvalue weighted by Crippen LogP contribution is 2.31. The van der Waals surface area contributed by atoms with Crippen molar-refractivity contribution >= 4 is 22.8 Å². The van der Waals surface area contributed by atoms with Gasteiger partial charge >= 0.3 is 5.97 Å². The fourth-order valence-corrected chi connectivity index (χ4v) is 4.19. The molecule has 0 spiro atoms. The fraction of sp³-hybridized carbons (Fsp3) is 0.474. The van der Waals surface area contributed by atoms with E-state index in [0.717, 1.165) is 30.2 Å². The second kappa shape index (κ2) is 6.74. The molecule has 2 aromatic rings. The molecular formula is C19H23N3O4. The van der Waals surface area contributed by atoms with Crippen LogP contribution in [0.1, 0.15) is 35.4 Å². The molecule has 7 heteroatoms. The Labute approximate surface area is 151 Å². The quantitative estimate of drug-likeness (QED) is 0.724. The minimum absolute atomic E-state index is 0.00483. The van der Waals surface area contributed by atoms with Gasteiger partial charge < -0.3 is 14.5 Å². The average molecular weight is 357 g/mol. The van der Waals surface area contributed by atoms with E-state index in [1.807, 2.05) is 31.2 Å². The zero-order valence-corrected chi connectivity index (χ0v) is 14.9. The second-order valence-corrected chi connectivity index (χ2v) is 7.10. The molecule has 2 heterocycles. The van der Waals surface area contributed by atoms with Crippen LogP contribution in [0.15, 0.2) is 28.7 Å². The lowest BCUT2D eigenvalue weighted by Crippen LogP contribution is -2.46. The Morgan fingerprint density at radius 2 is 2.04 bits per heavy atom. The summed E-state index contributed by atoms with van der Waals surface area (Å²) in [5.41, 5.74) is 7.77. The van der Waals surface area contributed by atoms with Gasteiger partial charge in [0.2, 0.25) is 0 Å². The Bertz CT molecular complexity index is 846. The van der Waals surface area contributed by atoms with Gasteiger partial charge in [0.15, 0.2) is 5.76 Å². The lowest BCUT2D eigenvalue weighted by atomic mass is 9.79. The Morgan fingerprint density at radius 3 is 2.81 bits per heavy atom. The smallest absolute Gasteiger partial charge is 0.324 e. The number of hydrogen-bond donors (Lipinski definition) is 3. The summed E-state index contributed by atoms with van der Waals surface area (Å²) >= 11 is 0. The Morgan fingerprint density at radius 1 is 1.23 bits per heavy atom. The largest absolute Gasteiger partial charge is 0.468 e. The van der Waals surface area contributed by atoms with E-state index < -0.39 is 0 Å². The summed E-state index contributed by atoms with van der Waals surface area (Å²) in [6.07, 6.45) is 2.46. The highest BCUT2D eigenvalue weighted by Gasteiger charge is 2.44. The molecule has 3 N–H and O–H groups in total. The van der Waals surface area contributed by atoms with Gasteiger partial charge in [-0.05, 0) is 32.3 Å². The van der Waals surface area contributed by atoms with Crippen LogP contribution in [-0.2, 0) is 9.53 Å². The number of nitrogens with one attached hydrogen (secondary N) is 3. The number of amides is 1. The Balaban J connectivity index is 1.47. The third-order valence-electron chi connectivity index (χ3n) is 5.59. The number of methoxy groups -OCH3 is 1. The summed E-state index contributed by atoms with van der Waals surface area (Å²) in [5, 5.41) is 4.04.